The molecule has 0 saturated carbocycles. The monoisotopic (exact) mass is 250 g/mol. The Kier molecular flexibility index (Phi) is 3.15. The number of rotatable bonds is 3. The lowest BCUT2D eigenvalue weighted by Gasteiger charge is -2.07. The van der Waals surface area contributed by atoms with Crippen molar-refractivity contribution in [1.82, 2.24) is 9.78 Å². The van der Waals surface area contributed by atoms with E-state index in [0.29, 0.717) is 22.7 Å². The van der Waals surface area contributed by atoms with Gasteiger partial charge >= 0.3 is 5.97 Å². The summed E-state index contributed by atoms with van der Waals surface area (Å²) in [5, 5.41) is 13.7. The molecule has 0 amide bonds. The van der Waals surface area contributed by atoms with Gasteiger partial charge in [-0.25, -0.2) is 4.79 Å². The third-order valence-corrected chi connectivity index (χ3v) is 2.98. The SMILES string of the molecule is Cc1c(Cl)cnn1Cc1ccccc1C(=O)O. The largest absolute Gasteiger partial charge is 0.478 e. The van der Waals surface area contributed by atoms with Crippen molar-refractivity contribution < 1.29 is 9.90 Å². The summed E-state index contributed by atoms with van der Waals surface area (Å²) in [6, 6.07) is 6.87. The maximum absolute atomic E-state index is 11.0. The van der Waals surface area contributed by atoms with Crippen molar-refractivity contribution >= 4 is 17.6 Å². The van der Waals surface area contributed by atoms with Crippen molar-refractivity contribution in [1.29, 1.82) is 0 Å². The summed E-state index contributed by atoms with van der Waals surface area (Å²) < 4.78 is 1.68. The molecule has 0 aliphatic rings. The van der Waals surface area contributed by atoms with Gasteiger partial charge in [-0.2, -0.15) is 5.10 Å². The third kappa shape index (κ3) is 2.31. The number of halogens is 1. The Morgan fingerprint density at radius 1 is 1.47 bits per heavy atom. The quantitative estimate of drug-likeness (QED) is 0.911. The fourth-order valence-electron chi connectivity index (χ4n) is 1.61. The van der Waals surface area contributed by atoms with Crippen LogP contribution in [0.15, 0.2) is 30.5 Å². The summed E-state index contributed by atoms with van der Waals surface area (Å²) in [5.74, 6) is -0.934. The Morgan fingerprint density at radius 2 is 2.18 bits per heavy atom. The first-order chi connectivity index (χ1) is 8.09. The van der Waals surface area contributed by atoms with Crippen LogP contribution < -0.4 is 0 Å². The van der Waals surface area contributed by atoms with Crippen LogP contribution in [0.3, 0.4) is 0 Å². The lowest BCUT2D eigenvalue weighted by molar-refractivity contribution is 0.0695. The van der Waals surface area contributed by atoms with E-state index in [1.165, 1.54) is 0 Å². The van der Waals surface area contributed by atoms with E-state index in [-0.39, 0.29) is 0 Å². The summed E-state index contributed by atoms with van der Waals surface area (Å²) in [7, 11) is 0. The molecular formula is C12H11ClN2O2. The number of carbonyl (C=O) groups is 1. The van der Waals surface area contributed by atoms with Gasteiger partial charge in [0.1, 0.15) is 0 Å². The zero-order chi connectivity index (χ0) is 12.4. The van der Waals surface area contributed by atoms with E-state index in [1.54, 1.807) is 29.1 Å². The van der Waals surface area contributed by atoms with Gasteiger partial charge in [-0.1, -0.05) is 29.8 Å². The minimum absolute atomic E-state index is 0.290. The van der Waals surface area contributed by atoms with Gasteiger partial charge in [-0.05, 0) is 18.6 Å². The first kappa shape index (κ1) is 11.7. The van der Waals surface area contributed by atoms with E-state index >= 15 is 0 Å². The maximum Gasteiger partial charge on any atom is 0.336 e. The summed E-state index contributed by atoms with van der Waals surface area (Å²) in [4.78, 5) is 11.0. The van der Waals surface area contributed by atoms with Crippen LogP contribution in [0, 0.1) is 6.92 Å². The summed E-state index contributed by atoms with van der Waals surface area (Å²) in [5.41, 5.74) is 1.83. The van der Waals surface area contributed by atoms with Gasteiger partial charge in [0, 0.05) is 0 Å². The lowest BCUT2D eigenvalue weighted by atomic mass is 10.1. The molecule has 1 aromatic heterocycles. The molecule has 0 fully saturated rings. The molecule has 1 aromatic carbocycles. The standard InChI is InChI=1S/C12H11ClN2O2/c1-8-11(13)6-14-15(8)7-9-4-2-3-5-10(9)12(16)17/h2-6H,7H2,1H3,(H,16,17). The molecule has 4 nitrogen and oxygen atoms in total. The second-order valence-corrected chi connectivity index (χ2v) is 4.11. The molecule has 1 N–H and O–H groups in total. The van der Waals surface area contributed by atoms with Gasteiger partial charge in [0.2, 0.25) is 0 Å². The highest BCUT2D eigenvalue weighted by molar-refractivity contribution is 6.31. The number of aromatic nitrogens is 2. The number of aromatic carboxylic acids is 1. The first-order valence-corrected chi connectivity index (χ1v) is 5.46. The average molecular weight is 251 g/mol. The van der Waals surface area contributed by atoms with Crippen LogP contribution in [0.25, 0.3) is 0 Å². The van der Waals surface area contributed by atoms with Crippen molar-refractivity contribution in [2.75, 3.05) is 0 Å². The number of benzene rings is 1. The molecule has 0 aliphatic heterocycles. The van der Waals surface area contributed by atoms with Gasteiger partial charge in [-0.15, -0.1) is 0 Å². The molecule has 2 rings (SSSR count). The molecule has 0 bridgehead atoms. The normalized spacial score (nSPS) is 10.5. The lowest BCUT2D eigenvalue weighted by Crippen LogP contribution is -2.09. The van der Waals surface area contributed by atoms with Crippen molar-refractivity contribution in [2.24, 2.45) is 0 Å². The highest BCUT2D eigenvalue weighted by Crippen LogP contribution is 2.16. The van der Waals surface area contributed by atoms with E-state index in [2.05, 4.69) is 5.10 Å². The fraction of sp³-hybridized carbons (Fsp3) is 0.167. The van der Waals surface area contributed by atoms with Gasteiger partial charge in [0.15, 0.2) is 0 Å². The molecule has 2 aromatic rings. The molecule has 0 atom stereocenters. The van der Waals surface area contributed by atoms with Crippen LogP contribution in [0.4, 0.5) is 0 Å². The van der Waals surface area contributed by atoms with E-state index in [0.717, 1.165) is 5.69 Å². The maximum atomic E-state index is 11.0. The fourth-order valence-corrected chi connectivity index (χ4v) is 1.75. The molecule has 0 unspecified atom stereocenters. The highest BCUT2D eigenvalue weighted by Gasteiger charge is 2.11. The number of carboxylic acids is 1. The van der Waals surface area contributed by atoms with Crippen LogP contribution >= 0.6 is 11.6 Å². The van der Waals surface area contributed by atoms with E-state index in [1.807, 2.05) is 13.0 Å². The molecule has 0 saturated heterocycles. The number of hydrogen-bond acceptors (Lipinski definition) is 2. The second-order valence-electron chi connectivity index (χ2n) is 3.70. The van der Waals surface area contributed by atoms with E-state index in [4.69, 9.17) is 16.7 Å². The second kappa shape index (κ2) is 4.59. The van der Waals surface area contributed by atoms with Gasteiger partial charge in [-0.3, -0.25) is 4.68 Å². The molecule has 17 heavy (non-hydrogen) atoms. The number of hydrogen-bond donors (Lipinski definition) is 1. The topological polar surface area (TPSA) is 55.1 Å². The molecule has 0 radical (unpaired) electrons. The van der Waals surface area contributed by atoms with Crippen molar-refractivity contribution in [3.63, 3.8) is 0 Å². The van der Waals surface area contributed by atoms with Crippen molar-refractivity contribution in [3.05, 3.63) is 52.3 Å². The minimum atomic E-state index is -0.934. The van der Waals surface area contributed by atoms with Crippen molar-refractivity contribution in [3.8, 4) is 0 Å². The zero-order valence-electron chi connectivity index (χ0n) is 9.22. The number of nitrogens with zero attached hydrogens (tertiary/aromatic N) is 2. The van der Waals surface area contributed by atoms with Gasteiger partial charge < -0.3 is 5.11 Å². The predicted octanol–water partition coefficient (Wildman–Crippen LogP) is 2.59. The van der Waals surface area contributed by atoms with Crippen molar-refractivity contribution in [2.45, 2.75) is 13.5 Å². The Labute approximate surface area is 103 Å². The zero-order valence-corrected chi connectivity index (χ0v) is 9.98. The summed E-state index contributed by atoms with van der Waals surface area (Å²) in [6.45, 7) is 2.25. The predicted molar refractivity (Wildman–Crippen MR) is 64.5 cm³/mol. The Morgan fingerprint density at radius 3 is 2.76 bits per heavy atom. The Hall–Kier alpha value is -1.81. The van der Waals surface area contributed by atoms with Crippen LogP contribution in [-0.4, -0.2) is 20.9 Å². The van der Waals surface area contributed by atoms with Gasteiger partial charge in [0.25, 0.3) is 0 Å². The molecule has 0 aliphatic carbocycles. The number of carboxylic acid groups (broad SMARTS) is 1. The minimum Gasteiger partial charge on any atom is -0.478 e. The molecule has 88 valence electrons. The first-order valence-electron chi connectivity index (χ1n) is 5.08. The molecule has 1 heterocycles. The summed E-state index contributed by atoms with van der Waals surface area (Å²) >= 11 is 5.90. The highest BCUT2D eigenvalue weighted by atomic mass is 35.5. The third-order valence-electron chi connectivity index (χ3n) is 2.61. The smallest absolute Gasteiger partial charge is 0.336 e. The average Bonchev–Trinajstić information content (AvgIpc) is 2.61. The Bertz CT molecular complexity index is 563. The van der Waals surface area contributed by atoms with Crippen LogP contribution in [0.5, 0.6) is 0 Å². The van der Waals surface area contributed by atoms with Crippen LogP contribution in [0.1, 0.15) is 21.6 Å². The van der Waals surface area contributed by atoms with Gasteiger partial charge in [0.05, 0.1) is 29.0 Å². The molecule has 5 heteroatoms. The Balaban J connectivity index is 2.36. The van der Waals surface area contributed by atoms with Crippen LogP contribution in [-0.2, 0) is 6.54 Å². The van der Waals surface area contributed by atoms with Crippen LogP contribution in [0.2, 0.25) is 5.02 Å². The summed E-state index contributed by atoms with van der Waals surface area (Å²) in [6.07, 6.45) is 1.56. The molecular weight excluding hydrogens is 240 g/mol. The van der Waals surface area contributed by atoms with E-state index < -0.39 is 5.97 Å². The van der Waals surface area contributed by atoms with E-state index in [9.17, 15) is 4.79 Å². The molecule has 0 spiro atoms.